The number of aromatic nitrogens is 2. The van der Waals surface area contributed by atoms with E-state index in [2.05, 4.69) is 15.3 Å². The molecule has 0 spiro atoms. The van der Waals surface area contributed by atoms with Crippen LogP contribution >= 0.6 is 0 Å². The molecule has 0 radical (unpaired) electrons. The van der Waals surface area contributed by atoms with Crippen LogP contribution in [0.4, 0.5) is 11.5 Å². The van der Waals surface area contributed by atoms with Crippen molar-refractivity contribution in [3.05, 3.63) is 47.9 Å². The predicted molar refractivity (Wildman–Crippen MR) is 87.8 cm³/mol. The number of para-hydroxylation sites is 1. The van der Waals surface area contributed by atoms with Crippen molar-refractivity contribution in [2.45, 2.75) is 6.92 Å². The Morgan fingerprint density at radius 1 is 1.08 bits per heavy atom. The molecule has 1 amide bonds. The van der Waals surface area contributed by atoms with Crippen LogP contribution in [0.3, 0.4) is 0 Å². The van der Waals surface area contributed by atoms with Crippen LogP contribution in [0, 0.1) is 0 Å². The van der Waals surface area contributed by atoms with Gasteiger partial charge in [0.05, 0.1) is 17.9 Å². The van der Waals surface area contributed by atoms with Gasteiger partial charge in [-0.1, -0.05) is 12.1 Å². The summed E-state index contributed by atoms with van der Waals surface area (Å²) < 4.78 is 9.76. The van der Waals surface area contributed by atoms with Crippen LogP contribution in [0.2, 0.25) is 0 Å². The first kappa shape index (κ1) is 17.9. The zero-order chi connectivity index (χ0) is 18.2. The van der Waals surface area contributed by atoms with Gasteiger partial charge in [0.25, 0.3) is 5.91 Å². The molecule has 0 atom stereocenters. The second-order valence-electron chi connectivity index (χ2n) is 4.68. The van der Waals surface area contributed by atoms with Gasteiger partial charge < -0.3 is 20.5 Å². The number of rotatable bonds is 6. The van der Waals surface area contributed by atoms with Crippen molar-refractivity contribution in [3.8, 4) is 0 Å². The van der Waals surface area contributed by atoms with Gasteiger partial charge in [0.1, 0.15) is 0 Å². The van der Waals surface area contributed by atoms with Gasteiger partial charge in [0.2, 0.25) is 0 Å². The zero-order valence-corrected chi connectivity index (χ0v) is 13.4. The van der Waals surface area contributed by atoms with Crippen molar-refractivity contribution in [3.63, 3.8) is 0 Å². The van der Waals surface area contributed by atoms with Crippen molar-refractivity contribution >= 4 is 29.4 Å². The molecule has 0 aliphatic heterocycles. The molecule has 0 unspecified atom stereocenters. The molecule has 0 saturated heterocycles. The quantitative estimate of drug-likeness (QED) is 0.742. The predicted octanol–water partition coefficient (Wildman–Crippen LogP) is 1.03. The van der Waals surface area contributed by atoms with E-state index in [1.54, 1.807) is 19.1 Å². The van der Waals surface area contributed by atoms with E-state index in [0.717, 1.165) is 0 Å². The van der Waals surface area contributed by atoms with Crippen molar-refractivity contribution in [1.82, 2.24) is 9.97 Å². The van der Waals surface area contributed by atoms with Crippen molar-refractivity contribution in [2.75, 3.05) is 24.3 Å². The lowest BCUT2D eigenvalue weighted by Crippen LogP contribution is -2.23. The highest BCUT2D eigenvalue weighted by atomic mass is 16.5. The summed E-state index contributed by atoms with van der Waals surface area (Å²) >= 11 is 0. The largest absolute Gasteiger partial charge is 0.462 e. The van der Waals surface area contributed by atoms with Crippen LogP contribution in [-0.2, 0) is 14.3 Å². The number of anilines is 2. The summed E-state index contributed by atoms with van der Waals surface area (Å²) in [6, 6.07) is 6.33. The number of esters is 2. The van der Waals surface area contributed by atoms with Crippen LogP contribution < -0.4 is 11.1 Å². The number of carbonyl (C=O) groups is 3. The number of carbonyl (C=O) groups excluding carboxylic acids is 3. The Bertz CT molecular complexity index is 794. The first-order valence-corrected chi connectivity index (χ1v) is 7.32. The second kappa shape index (κ2) is 8.39. The van der Waals surface area contributed by atoms with Gasteiger partial charge in [0.15, 0.2) is 18.1 Å². The summed E-state index contributed by atoms with van der Waals surface area (Å²) in [5, 5.41) is 2.49. The normalized spacial score (nSPS) is 9.96. The number of amides is 1. The minimum Gasteiger partial charge on any atom is -0.462 e. The Kier molecular flexibility index (Phi) is 5.99. The van der Waals surface area contributed by atoms with Gasteiger partial charge in [0, 0.05) is 12.4 Å². The molecular weight excluding hydrogens is 328 g/mol. The Balaban J connectivity index is 1.98. The lowest BCUT2D eigenvalue weighted by Gasteiger charge is -2.10. The Morgan fingerprint density at radius 2 is 1.80 bits per heavy atom. The Hall–Kier alpha value is -3.49. The fourth-order valence-electron chi connectivity index (χ4n) is 1.87. The monoisotopic (exact) mass is 344 g/mol. The highest BCUT2D eigenvalue weighted by Crippen LogP contribution is 2.16. The molecule has 0 bridgehead atoms. The number of hydrogen-bond acceptors (Lipinski definition) is 8. The maximum absolute atomic E-state index is 12.0. The molecule has 0 saturated carbocycles. The highest BCUT2D eigenvalue weighted by molar-refractivity contribution is 6.02. The standard InChI is InChI=1S/C16H16N4O5/c1-2-24-15(22)10-5-3-4-6-11(10)20-12(21)9-25-16(23)13-14(17)19-8-7-18-13/h3-8H,2,9H2,1H3,(H2,17,19)(H,20,21). The topological polar surface area (TPSA) is 134 Å². The minimum absolute atomic E-state index is 0.0967. The lowest BCUT2D eigenvalue weighted by atomic mass is 10.2. The highest BCUT2D eigenvalue weighted by Gasteiger charge is 2.17. The van der Waals surface area contributed by atoms with E-state index in [4.69, 9.17) is 15.2 Å². The van der Waals surface area contributed by atoms with Gasteiger partial charge in [-0.25, -0.2) is 19.6 Å². The van der Waals surface area contributed by atoms with Crippen LogP contribution in [0.25, 0.3) is 0 Å². The van der Waals surface area contributed by atoms with Gasteiger partial charge in [-0.2, -0.15) is 0 Å². The molecule has 1 aromatic heterocycles. The number of nitrogen functional groups attached to an aromatic ring is 1. The van der Waals surface area contributed by atoms with E-state index in [1.807, 2.05) is 0 Å². The van der Waals surface area contributed by atoms with Crippen LogP contribution in [-0.4, -0.2) is 41.0 Å². The molecule has 2 aromatic rings. The van der Waals surface area contributed by atoms with E-state index in [-0.39, 0.29) is 29.4 Å². The summed E-state index contributed by atoms with van der Waals surface area (Å²) in [5.74, 6) is -2.17. The zero-order valence-electron chi connectivity index (χ0n) is 13.4. The first-order chi connectivity index (χ1) is 12.0. The molecule has 3 N–H and O–H groups in total. The van der Waals surface area contributed by atoms with E-state index >= 15 is 0 Å². The molecule has 1 heterocycles. The van der Waals surface area contributed by atoms with Gasteiger partial charge in [-0.3, -0.25) is 4.79 Å². The average Bonchev–Trinajstić information content (AvgIpc) is 2.60. The number of nitrogens with zero attached hydrogens (tertiary/aromatic N) is 2. The lowest BCUT2D eigenvalue weighted by molar-refractivity contribution is -0.119. The van der Waals surface area contributed by atoms with Crippen molar-refractivity contribution < 1.29 is 23.9 Å². The van der Waals surface area contributed by atoms with E-state index in [9.17, 15) is 14.4 Å². The summed E-state index contributed by atoms with van der Waals surface area (Å²) in [5.41, 5.74) is 5.78. The number of hydrogen-bond donors (Lipinski definition) is 2. The van der Waals surface area contributed by atoms with E-state index < -0.39 is 24.5 Å². The molecule has 2 rings (SSSR count). The molecular formula is C16H16N4O5. The Morgan fingerprint density at radius 3 is 2.52 bits per heavy atom. The average molecular weight is 344 g/mol. The molecule has 25 heavy (non-hydrogen) atoms. The van der Waals surface area contributed by atoms with Crippen molar-refractivity contribution in [1.29, 1.82) is 0 Å². The number of nitrogens with two attached hydrogens (primary N) is 1. The molecule has 9 nitrogen and oxygen atoms in total. The van der Waals surface area contributed by atoms with Crippen molar-refractivity contribution in [2.24, 2.45) is 0 Å². The SMILES string of the molecule is CCOC(=O)c1ccccc1NC(=O)COC(=O)c1nccnc1N. The number of benzene rings is 1. The smallest absolute Gasteiger partial charge is 0.361 e. The van der Waals surface area contributed by atoms with Gasteiger partial charge >= 0.3 is 11.9 Å². The fourth-order valence-corrected chi connectivity index (χ4v) is 1.87. The van der Waals surface area contributed by atoms with Crippen LogP contribution in [0.1, 0.15) is 27.8 Å². The minimum atomic E-state index is -0.876. The maximum atomic E-state index is 12.0. The third-order valence-electron chi connectivity index (χ3n) is 2.95. The first-order valence-electron chi connectivity index (χ1n) is 7.32. The fraction of sp³-hybridized carbons (Fsp3) is 0.188. The number of nitrogens with one attached hydrogen (secondary N) is 1. The van der Waals surface area contributed by atoms with E-state index in [0.29, 0.717) is 0 Å². The molecule has 130 valence electrons. The second-order valence-corrected chi connectivity index (χ2v) is 4.68. The molecule has 9 heteroatoms. The summed E-state index contributed by atoms with van der Waals surface area (Å²) in [7, 11) is 0. The van der Waals surface area contributed by atoms with Crippen LogP contribution in [0.15, 0.2) is 36.7 Å². The molecule has 0 fully saturated rings. The third kappa shape index (κ3) is 4.74. The van der Waals surface area contributed by atoms with Gasteiger partial charge in [-0.15, -0.1) is 0 Å². The maximum Gasteiger partial charge on any atom is 0.361 e. The molecule has 0 aliphatic rings. The summed E-state index contributed by atoms with van der Waals surface area (Å²) in [4.78, 5) is 43.1. The summed E-state index contributed by atoms with van der Waals surface area (Å²) in [6.07, 6.45) is 2.60. The van der Waals surface area contributed by atoms with E-state index in [1.165, 1.54) is 24.5 Å². The summed E-state index contributed by atoms with van der Waals surface area (Å²) in [6.45, 7) is 1.31. The third-order valence-corrected chi connectivity index (χ3v) is 2.95. The van der Waals surface area contributed by atoms with Gasteiger partial charge in [-0.05, 0) is 19.1 Å². The number of ether oxygens (including phenoxy) is 2. The van der Waals surface area contributed by atoms with Crippen LogP contribution in [0.5, 0.6) is 0 Å². The molecule has 1 aromatic carbocycles. The Labute approximate surface area is 143 Å². The molecule has 0 aliphatic carbocycles.